The second-order valence-electron chi connectivity index (χ2n) is 11.2. The first-order valence-electron chi connectivity index (χ1n) is 14.6. The van der Waals surface area contributed by atoms with Crippen LogP contribution in [0, 0.1) is 11.8 Å². The van der Waals surface area contributed by atoms with Gasteiger partial charge in [-0.1, -0.05) is 27.7 Å². The molecule has 0 amide bonds. The molecule has 2 rings (SSSR count). The van der Waals surface area contributed by atoms with Gasteiger partial charge in [-0.3, -0.25) is 14.2 Å². The van der Waals surface area contributed by atoms with E-state index in [9.17, 15) is 14.2 Å². The Morgan fingerprint density at radius 1 is 0.864 bits per heavy atom. The molecule has 15 nitrogen and oxygen atoms in total. The summed E-state index contributed by atoms with van der Waals surface area (Å²) in [6, 6.07) is -1.40. The summed E-state index contributed by atoms with van der Waals surface area (Å²) in [7, 11) is -3.75. The molecule has 3 atom stereocenters. The molecular weight excluding hydrogens is 617 g/mol. The first kappa shape index (κ1) is 39.6. The van der Waals surface area contributed by atoms with Crippen molar-refractivity contribution in [2.24, 2.45) is 23.3 Å². The van der Waals surface area contributed by atoms with Gasteiger partial charge in [0.2, 0.25) is 0 Å². The van der Waals surface area contributed by atoms with Gasteiger partial charge < -0.3 is 45.0 Å². The molecule has 0 saturated carbocycles. The molecule has 0 unspecified atom stereocenters. The number of nitrogens with zero attached hydrogens (tertiary/aromatic N) is 4. The zero-order valence-electron chi connectivity index (χ0n) is 26.3. The average molecular weight is 666 g/mol. The Labute approximate surface area is 265 Å². The Balaban J connectivity index is 0.00000968. The monoisotopic (exact) mass is 665 g/mol. The molecule has 0 bridgehead atoms. The van der Waals surface area contributed by atoms with Crippen LogP contribution < -0.4 is 17.2 Å². The number of anilines is 1. The molecule has 0 fully saturated rings. The Kier molecular flexibility index (Phi) is 17.9. The minimum absolute atomic E-state index is 0. The van der Waals surface area contributed by atoms with Crippen molar-refractivity contribution in [2.45, 2.75) is 85.0 Å². The lowest BCUT2D eigenvalue weighted by Gasteiger charge is -2.21. The summed E-state index contributed by atoms with van der Waals surface area (Å²) in [5.41, 5.74) is 18.6. The van der Waals surface area contributed by atoms with E-state index in [0.717, 1.165) is 0 Å². The zero-order chi connectivity index (χ0) is 32.0. The average Bonchev–Trinajstić information content (AvgIpc) is 3.34. The Morgan fingerprint density at radius 3 is 1.89 bits per heavy atom. The van der Waals surface area contributed by atoms with Gasteiger partial charge in [-0.25, -0.2) is 15.0 Å². The third-order valence-electron chi connectivity index (χ3n) is 6.10. The van der Waals surface area contributed by atoms with Crippen LogP contribution in [0.1, 0.15) is 60.3 Å². The second kappa shape index (κ2) is 19.9. The van der Waals surface area contributed by atoms with E-state index in [1.54, 1.807) is 17.8 Å². The third-order valence-corrected chi connectivity index (χ3v) is 7.72. The minimum atomic E-state index is -3.75. The maximum atomic E-state index is 13.5. The lowest BCUT2D eigenvalue weighted by atomic mass is 10.1. The first-order valence-corrected chi connectivity index (χ1v) is 16.3. The number of fused-ring (bicyclic) bond motifs is 1. The maximum Gasteiger partial charge on any atom is 0.356 e. The predicted molar refractivity (Wildman–Crippen MR) is 168 cm³/mol. The van der Waals surface area contributed by atoms with E-state index in [-0.39, 0.29) is 75.7 Å². The Bertz CT molecular complexity index is 1160. The SMILES string of the molecule is CC(C)C[C@H](N)C(=O)OCCCOP(=O)(CO[C@H](C)Cn1cnc2c(N)ncnc21)OCCCOC(=O)[C@@H](N)CC(C)C.Cl. The van der Waals surface area contributed by atoms with Gasteiger partial charge in [0.05, 0.1) is 45.4 Å². The highest BCUT2D eigenvalue weighted by Crippen LogP contribution is 2.48. The van der Waals surface area contributed by atoms with Crippen molar-refractivity contribution >= 4 is 48.9 Å². The molecular formula is C27H49ClN7O8P. The lowest BCUT2D eigenvalue weighted by Crippen LogP contribution is -2.33. The summed E-state index contributed by atoms with van der Waals surface area (Å²) in [6.07, 6.45) is 3.74. The van der Waals surface area contributed by atoms with Gasteiger partial charge in [0.25, 0.3) is 0 Å². The molecule has 0 aliphatic rings. The summed E-state index contributed by atoms with van der Waals surface area (Å²) in [4.78, 5) is 36.5. The molecule has 0 aliphatic heterocycles. The largest absolute Gasteiger partial charge is 0.464 e. The fourth-order valence-corrected chi connectivity index (χ4v) is 5.46. The van der Waals surface area contributed by atoms with Gasteiger partial charge >= 0.3 is 19.5 Å². The van der Waals surface area contributed by atoms with Crippen LogP contribution in [-0.4, -0.2) is 82.4 Å². The number of imidazole rings is 1. The normalized spacial score (nSPS) is 13.9. The number of carbonyl (C=O) groups is 2. The van der Waals surface area contributed by atoms with Crippen LogP contribution in [0.25, 0.3) is 11.2 Å². The molecule has 2 aromatic rings. The van der Waals surface area contributed by atoms with Crippen molar-refractivity contribution in [3.63, 3.8) is 0 Å². The van der Waals surface area contributed by atoms with Gasteiger partial charge in [0.1, 0.15) is 30.3 Å². The Morgan fingerprint density at radius 2 is 1.39 bits per heavy atom. The molecule has 44 heavy (non-hydrogen) atoms. The van der Waals surface area contributed by atoms with E-state index in [4.69, 9.17) is 40.5 Å². The van der Waals surface area contributed by atoms with E-state index in [1.165, 1.54) is 6.33 Å². The van der Waals surface area contributed by atoms with Crippen molar-refractivity contribution in [1.29, 1.82) is 0 Å². The fourth-order valence-electron chi connectivity index (χ4n) is 3.99. The highest BCUT2D eigenvalue weighted by molar-refractivity contribution is 7.53. The van der Waals surface area contributed by atoms with Gasteiger partial charge in [0, 0.05) is 12.8 Å². The highest BCUT2D eigenvalue weighted by Gasteiger charge is 2.27. The number of halogens is 1. The van der Waals surface area contributed by atoms with Gasteiger partial charge in [0.15, 0.2) is 11.5 Å². The van der Waals surface area contributed by atoms with Crippen LogP contribution in [0.4, 0.5) is 5.82 Å². The van der Waals surface area contributed by atoms with Crippen LogP contribution in [0.5, 0.6) is 0 Å². The quantitative estimate of drug-likeness (QED) is 0.0991. The minimum Gasteiger partial charge on any atom is -0.464 e. The van der Waals surface area contributed by atoms with Crippen LogP contribution in [0.2, 0.25) is 0 Å². The summed E-state index contributed by atoms with van der Waals surface area (Å²) in [6.45, 7) is 10.1. The molecule has 2 heterocycles. The van der Waals surface area contributed by atoms with Crippen molar-refractivity contribution in [3.8, 4) is 0 Å². The molecule has 0 aromatic carbocycles. The van der Waals surface area contributed by atoms with Gasteiger partial charge in [-0.15, -0.1) is 12.4 Å². The summed E-state index contributed by atoms with van der Waals surface area (Å²) in [5.74, 6) is -0.200. The maximum absolute atomic E-state index is 13.5. The van der Waals surface area contributed by atoms with Crippen LogP contribution in [0.15, 0.2) is 12.7 Å². The number of carbonyl (C=O) groups excluding carboxylic acids is 2. The summed E-state index contributed by atoms with van der Waals surface area (Å²) < 4.78 is 42.8. The number of esters is 2. The number of aromatic nitrogens is 4. The van der Waals surface area contributed by atoms with Crippen molar-refractivity contribution < 1.29 is 37.4 Å². The molecule has 0 saturated heterocycles. The van der Waals surface area contributed by atoms with E-state index in [1.807, 2.05) is 27.7 Å². The second-order valence-corrected chi connectivity index (χ2v) is 13.2. The predicted octanol–water partition coefficient (Wildman–Crippen LogP) is 3.03. The molecule has 0 spiro atoms. The van der Waals surface area contributed by atoms with Gasteiger partial charge in [-0.05, 0) is 31.6 Å². The van der Waals surface area contributed by atoms with E-state index >= 15 is 0 Å². The molecule has 252 valence electrons. The number of hydrogen-bond acceptors (Lipinski definition) is 14. The van der Waals surface area contributed by atoms with Crippen LogP contribution in [0.3, 0.4) is 0 Å². The Hall–Kier alpha value is -2.39. The van der Waals surface area contributed by atoms with Gasteiger partial charge in [-0.2, -0.15) is 0 Å². The number of rotatable bonds is 21. The van der Waals surface area contributed by atoms with Crippen molar-refractivity contribution in [1.82, 2.24) is 19.5 Å². The highest BCUT2D eigenvalue weighted by atomic mass is 35.5. The number of ether oxygens (including phenoxy) is 3. The molecule has 17 heteroatoms. The van der Waals surface area contributed by atoms with Crippen molar-refractivity contribution in [2.75, 3.05) is 38.5 Å². The van der Waals surface area contributed by atoms with E-state index in [2.05, 4.69) is 15.0 Å². The number of nitrogen functional groups attached to an aromatic ring is 1. The van der Waals surface area contributed by atoms with E-state index in [0.29, 0.717) is 30.6 Å². The third kappa shape index (κ3) is 14.1. The topological polar surface area (TPSA) is 219 Å². The number of hydrogen-bond donors (Lipinski definition) is 3. The number of nitrogens with two attached hydrogens (primary N) is 3. The van der Waals surface area contributed by atoms with Crippen LogP contribution in [-0.2, 0) is 44.0 Å². The fraction of sp³-hybridized carbons (Fsp3) is 0.741. The smallest absolute Gasteiger partial charge is 0.356 e. The summed E-state index contributed by atoms with van der Waals surface area (Å²) >= 11 is 0. The van der Waals surface area contributed by atoms with Crippen molar-refractivity contribution in [3.05, 3.63) is 12.7 Å². The standard InChI is InChI=1S/C27H48N7O8P.ClH/c1-18(2)12-21(28)26(35)38-8-6-10-41-43(37,42-11-7-9-39-27(36)22(29)13-19(3)4)17-40-20(5)14-34-16-33-23-24(30)31-15-32-25(23)34;/h15-16,18-22H,6-14,17,28-29H2,1-5H3,(H2,30,31,32);1H/t20-,21+,22+;/m1./s1. The van der Waals surface area contributed by atoms with E-state index < -0.39 is 37.7 Å². The zero-order valence-corrected chi connectivity index (χ0v) is 28.0. The first-order chi connectivity index (χ1) is 20.3. The molecule has 6 N–H and O–H groups in total. The molecule has 2 aromatic heterocycles. The molecule has 0 radical (unpaired) electrons. The summed E-state index contributed by atoms with van der Waals surface area (Å²) in [5, 5.41) is 0. The van der Waals surface area contributed by atoms with Crippen LogP contribution >= 0.6 is 20.0 Å². The molecule has 0 aliphatic carbocycles. The lowest BCUT2D eigenvalue weighted by molar-refractivity contribution is -0.146.